The van der Waals surface area contributed by atoms with Crippen molar-refractivity contribution in [3.8, 4) is 0 Å². The topological polar surface area (TPSA) is 83.6 Å². The number of carboxylic acid groups (broad SMARTS) is 1. The second-order valence-electron chi connectivity index (χ2n) is 2.89. The van der Waals surface area contributed by atoms with E-state index in [4.69, 9.17) is 10.8 Å². The van der Waals surface area contributed by atoms with Gasteiger partial charge < -0.3 is 15.7 Å². The molecule has 0 aliphatic heterocycles. The Labute approximate surface area is 71.1 Å². The molecule has 1 unspecified atom stereocenters. The average Bonchev–Trinajstić information content (AvgIpc) is 1.83. The van der Waals surface area contributed by atoms with Crippen molar-refractivity contribution in [2.24, 2.45) is 5.73 Å². The Balaban J connectivity index is 4.04. The molecule has 0 bridgehead atoms. The monoisotopic (exact) mass is 174 g/mol. The number of amides is 1. The number of nitrogens with two attached hydrogens (primary N) is 1. The Bertz CT molecular complexity index is 163. The standard InChI is InChI=1S/C7H14N2O3/c1-9(2)5(3-6(8)10)4-7(11)12/h5H,3-4H2,1-2H3,(H2,8,10)(H,11,12). The van der Waals surface area contributed by atoms with Gasteiger partial charge in [-0.1, -0.05) is 0 Å². The SMILES string of the molecule is CN(C)C(CC(N)=O)CC(=O)O. The zero-order chi connectivity index (χ0) is 9.72. The molecule has 3 N–H and O–H groups in total. The normalized spacial score (nSPS) is 12.9. The van der Waals surface area contributed by atoms with Crippen molar-refractivity contribution in [3.63, 3.8) is 0 Å². The Hall–Kier alpha value is -1.10. The van der Waals surface area contributed by atoms with Crippen LogP contribution in [0.3, 0.4) is 0 Å². The van der Waals surface area contributed by atoms with Gasteiger partial charge >= 0.3 is 5.97 Å². The molecule has 5 nitrogen and oxygen atoms in total. The highest BCUT2D eigenvalue weighted by molar-refractivity contribution is 5.76. The molecule has 0 heterocycles. The van der Waals surface area contributed by atoms with Gasteiger partial charge in [-0.05, 0) is 14.1 Å². The molecule has 1 amide bonds. The van der Waals surface area contributed by atoms with Crippen LogP contribution in [0.4, 0.5) is 0 Å². The summed E-state index contributed by atoms with van der Waals surface area (Å²) in [6, 6.07) is -0.306. The highest BCUT2D eigenvalue weighted by Gasteiger charge is 2.17. The second-order valence-corrected chi connectivity index (χ2v) is 2.89. The fourth-order valence-corrected chi connectivity index (χ4v) is 0.871. The maximum atomic E-state index is 10.5. The number of rotatable bonds is 5. The van der Waals surface area contributed by atoms with Crippen molar-refractivity contribution < 1.29 is 14.7 Å². The molecule has 0 radical (unpaired) electrons. The smallest absolute Gasteiger partial charge is 0.304 e. The molecule has 12 heavy (non-hydrogen) atoms. The fourth-order valence-electron chi connectivity index (χ4n) is 0.871. The first kappa shape index (κ1) is 10.9. The van der Waals surface area contributed by atoms with Gasteiger partial charge in [-0.2, -0.15) is 0 Å². The van der Waals surface area contributed by atoms with Gasteiger partial charge in [-0.15, -0.1) is 0 Å². The lowest BCUT2D eigenvalue weighted by atomic mass is 10.1. The quantitative estimate of drug-likeness (QED) is 0.575. The predicted octanol–water partition coefficient (Wildman–Crippen LogP) is -0.733. The van der Waals surface area contributed by atoms with Gasteiger partial charge in [-0.25, -0.2) is 0 Å². The van der Waals surface area contributed by atoms with Crippen LogP contribution < -0.4 is 5.73 Å². The maximum absolute atomic E-state index is 10.5. The van der Waals surface area contributed by atoms with Crippen LogP contribution in [0.2, 0.25) is 0 Å². The summed E-state index contributed by atoms with van der Waals surface area (Å²) in [6.07, 6.45) is 0.0231. The third kappa shape index (κ3) is 4.68. The molecule has 0 aliphatic carbocycles. The number of hydrogen-bond acceptors (Lipinski definition) is 3. The van der Waals surface area contributed by atoms with Crippen LogP contribution in [-0.4, -0.2) is 42.0 Å². The largest absolute Gasteiger partial charge is 0.481 e. The number of aliphatic carboxylic acids is 1. The first-order chi connectivity index (χ1) is 5.43. The van der Waals surface area contributed by atoms with E-state index in [2.05, 4.69) is 0 Å². The molecular weight excluding hydrogens is 160 g/mol. The molecule has 0 aromatic heterocycles. The van der Waals surface area contributed by atoms with E-state index < -0.39 is 11.9 Å². The van der Waals surface area contributed by atoms with Crippen molar-refractivity contribution >= 4 is 11.9 Å². The van der Waals surface area contributed by atoms with Crippen molar-refractivity contribution in [3.05, 3.63) is 0 Å². The summed E-state index contributed by atoms with van der Waals surface area (Å²) in [5, 5.41) is 8.47. The van der Waals surface area contributed by atoms with Gasteiger partial charge in [0.05, 0.1) is 6.42 Å². The summed E-state index contributed by atoms with van der Waals surface area (Å²) in [6.45, 7) is 0. The van der Waals surface area contributed by atoms with E-state index in [0.717, 1.165) is 0 Å². The zero-order valence-corrected chi connectivity index (χ0v) is 7.28. The van der Waals surface area contributed by atoms with E-state index in [0.29, 0.717) is 0 Å². The lowest BCUT2D eigenvalue weighted by molar-refractivity contribution is -0.138. The molecule has 5 heteroatoms. The molecule has 70 valence electrons. The molecule has 0 fully saturated rings. The highest BCUT2D eigenvalue weighted by atomic mass is 16.4. The van der Waals surface area contributed by atoms with Gasteiger partial charge in [0, 0.05) is 12.5 Å². The number of nitrogens with zero attached hydrogens (tertiary/aromatic N) is 1. The third-order valence-electron chi connectivity index (χ3n) is 1.58. The van der Waals surface area contributed by atoms with Crippen LogP contribution in [0.1, 0.15) is 12.8 Å². The van der Waals surface area contributed by atoms with E-state index >= 15 is 0 Å². The van der Waals surface area contributed by atoms with Gasteiger partial charge in [0.1, 0.15) is 0 Å². The maximum Gasteiger partial charge on any atom is 0.304 e. The molecule has 1 atom stereocenters. The number of primary amides is 1. The van der Waals surface area contributed by atoms with Crippen molar-refractivity contribution in [1.82, 2.24) is 4.90 Å². The van der Waals surface area contributed by atoms with Crippen LogP contribution >= 0.6 is 0 Å². The first-order valence-corrected chi connectivity index (χ1v) is 3.60. The van der Waals surface area contributed by atoms with Crippen molar-refractivity contribution in [2.45, 2.75) is 18.9 Å². The van der Waals surface area contributed by atoms with Crippen molar-refractivity contribution in [2.75, 3.05) is 14.1 Å². The van der Waals surface area contributed by atoms with Crippen molar-refractivity contribution in [1.29, 1.82) is 0 Å². The summed E-state index contributed by atoms with van der Waals surface area (Å²) >= 11 is 0. The summed E-state index contributed by atoms with van der Waals surface area (Å²) in [4.78, 5) is 22.5. The lowest BCUT2D eigenvalue weighted by Crippen LogP contribution is -2.34. The number of carbonyl (C=O) groups is 2. The third-order valence-corrected chi connectivity index (χ3v) is 1.58. The summed E-state index contributed by atoms with van der Waals surface area (Å²) in [7, 11) is 3.44. The van der Waals surface area contributed by atoms with E-state index in [1.807, 2.05) is 0 Å². The predicted molar refractivity (Wildman–Crippen MR) is 43.5 cm³/mol. The minimum absolute atomic E-state index is 0.0596. The minimum atomic E-state index is -0.921. The molecule has 0 aromatic rings. The average molecular weight is 174 g/mol. The zero-order valence-electron chi connectivity index (χ0n) is 7.28. The molecule has 0 saturated heterocycles. The molecule has 0 saturated carbocycles. The van der Waals surface area contributed by atoms with Crippen LogP contribution in [0, 0.1) is 0 Å². The summed E-state index contributed by atoms with van der Waals surface area (Å²) in [5.74, 6) is -1.40. The number of hydrogen-bond donors (Lipinski definition) is 2. The molecule has 0 aromatic carbocycles. The summed E-state index contributed by atoms with van der Waals surface area (Å²) in [5.41, 5.74) is 4.95. The Morgan fingerprint density at radius 1 is 1.42 bits per heavy atom. The van der Waals surface area contributed by atoms with Crippen LogP contribution in [0.25, 0.3) is 0 Å². The van der Waals surface area contributed by atoms with Crippen LogP contribution in [-0.2, 0) is 9.59 Å². The van der Waals surface area contributed by atoms with E-state index in [9.17, 15) is 9.59 Å². The van der Waals surface area contributed by atoms with Gasteiger partial charge in [0.2, 0.25) is 5.91 Å². The Morgan fingerprint density at radius 2 is 1.92 bits per heavy atom. The molecule has 0 aliphatic rings. The fraction of sp³-hybridized carbons (Fsp3) is 0.714. The minimum Gasteiger partial charge on any atom is -0.481 e. The molecule has 0 rings (SSSR count). The van der Waals surface area contributed by atoms with Gasteiger partial charge in [-0.3, -0.25) is 9.59 Å². The summed E-state index contributed by atoms with van der Waals surface area (Å²) < 4.78 is 0. The Kier molecular flexibility index (Phi) is 4.28. The molecule has 0 spiro atoms. The lowest BCUT2D eigenvalue weighted by Gasteiger charge is -2.20. The first-order valence-electron chi connectivity index (χ1n) is 3.60. The van der Waals surface area contributed by atoms with Gasteiger partial charge in [0.15, 0.2) is 0 Å². The van der Waals surface area contributed by atoms with Crippen LogP contribution in [0.5, 0.6) is 0 Å². The Morgan fingerprint density at radius 3 is 2.17 bits per heavy atom. The van der Waals surface area contributed by atoms with E-state index in [-0.39, 0.29) is 18.9 Å². The van der Waals surface area contributed by atoms with E-state index in [1.165, 1.54) is 0 Å². The second kappa shape index (κ2) is 4.71. The van der Waals surface area contributed by atoms with Gasteiger partial charge in [0.25, 0.3) is 0 Å². The number of carbonyl (C=O) groups excluding carboxylic acids is 1. The van der Waals surface area contributed by atoms with Crippen LogP contribution in [0.15, 0.2) is 0 Å². The highest BCUT2D eigenvalue weighted by Crippen LogP contribution is 2.03. The molecular formula is C7H14N2O3. The van der Waals surface area contributed by atoms with E-state index in [1.54, 1.807) is 19.0 Å². The number of carboxylic acids is 1.